The zero-order valence-electron chi connectivity index (χ0n) is 11.7. The Balaban J connectivity index is 3.39. The molecule has 0 aromatic carbocycles. The lowest BCUT2D eigenvalue weighted by Gasteiger charge is -2.09. The molecule has 18 heavy (non-hydrogen) atoms. The number of aliphatic hydroxyl groups excluding tert-OH is 2. The van der Waals surface area contributed by atoms with E-state index in [0.29, 0.717) is 6.61 Å². The zero-order valence-corrected chi connectivity index (χ0v) is 11.7. The molecule has 0 amide bonds. The van der Waals surface area contributed by atoms with Crippen molar-refractivity contribution in [1.82, 2.24) is 0 Å². The van der Waals surface area contributed by atoms with E-state index in [1.54, 1.807) is 6.08 Å². The van der Waals surface area contributed by atoms with Gasteiger partial charge in [0.1, 0.15) is 0 Å². The third-order valence-corrected chi connectivity index (χ3v) is 2.46. The fraction of sp³-hybridized carbons (Fsp3) is 0.733. The third kappa shape index (κ3) is 13.4. The summed E-state index contributed by atoms with van der Waals surface area (Å²) in [6, 6.07) is 0. The van der Waals surface area contributed by atoms with Gasteiger partial charge in [0.2, 0.25) is 0 Å². The molecule has 0 spiro atoms. The van der Waals surface area contributed by atoms with Crippen molar-refractivity contribution >= 4 is 0 Å². The highest BCUT2D eigenvalue weighted by molar-refractivity contribution is 5.03. The first-order valence-electron chi connectivity index (χ1n) is 6.94. The molecule has 0 bridgehead atoms. The fourth-order valence-corrected chi connectivity index (χ4v) is 1.56. The van der Waals surface area contributed by atoms with Crippen LogP contribution in [0.5, 0.6) is 0 Å². The fourth-order valence-electron chi connectivity index (χ4n) is 1.56. The molecule has 1 atom stereocenters. The van der Waals surface area contributed by atoms with Crippen LogP contribution in [-0.2, 0) is 4.74 Å². The lowest BCUT2D eigenvalue weighted by atomic mass is 10.1. The van der Waals surface area contributed by atoms with Crippen molar-refractivity contribution in [3.05, 3.63) is 24.3 Å². The van der Waals surface area contributed by atoms with E-state index in [0.717, 1.165) is 19.3 Å². The Labute approximate surface area is 111 Å². The van der Waals surface area contributed by atoms with Crippen LogP contribution < -0.4 is 0 Å². The molecule has 0 aliphatic rings. The quantitative estimate of drug-likeness (QED) is 0.339. The van der Waals surface area contributed by atoms with Crippen LogP contribution in [0.1, 0.15) is 52.4 Å². The summed E-state index contributed by atoms with van der Waals surface area (Å²) >= 11 is 0. The van der Waals surface area contributed by atoms with Crippen LogP contribution >= 0.6 is 0 Å². The van der Waals surface area contributed by atoms with E-state index in [1.165, 1.54) is 19.3 Å². The standard InChI is InChI=1S/C15H28O3/c1-14(2)18-15(17)12-10-8-6-4-3-5-7-9-11-13-16/h6,8,10,12,14-17H,3-5,7,9,11,13H2,1-2H3/b8-6?,12-10-. The molecular formula is C15H28O3. The minimum Gasteiger partial charge on any atom is -0.396 e. The van der Waals surface area contributed by atoms with Gasteiger partial charge in [0.15, 0.2) is 6.29 Å². The van der Waals surface area contributed by atoms with E-state index in [2.05, 4.69) is 6.08 Å². The van der Waals surface area contributed by atoms with Gasteiger partial charge in [-0.15, -0.1) is 0 Å². The number of aliphatic hydroxyl groups is 2. The van der Waals surface area contributed by atoms with Crippen molar-refractivity contribution in [3.63, 3.8) is 0 Å². The Morgan fingerprint density at radius 2 is 1.67 bits per heavy atom. The van der Waals surface area contributed by atoms with Crippen molar-refractivity contribution in [2.45, 2.75) is 64.8 Å². The number of ether oxygens (including phenoxy) is 1. The second kappa shape index (κ2) is 12.8. The predicted molar refractivity (Wildman–Crippen MR) is 75.3 cm³/mol. The maximum absolute atomic E-state index is 9.38. The van der Waals surface area contributed by atoms with Gasteiger partial charge in [-0.2, -0.15) is 0 Å². The Bertz CT molecular complexity index is 222. The molecule has 0 rings (SSSR count). The first-order valence-corrected chi connectivity index (χ1v) is 6.94. The Morgan fingerprint density at radius 3 is 2.33 bits per heavy atom. The molecular weight excluding hydrogens is 228 g/mol. The van der Waals surface area contributed by atoms with Gasteiger partial charge < -0.3 is 14.9 Å². The molecule has 0 saturated carbocycles. The largest absolute Gasteiger partial charge is 0.396 e. The minimum absolute atomic E-state index is 0.0348. The summed E-state index contributed by atoms with van der Waals surface area (Å²) in [4.78, 5) is 0. The highest BCUT2D eigenvalue weighted by Gasteiger charge is 1.99. The van der Waals surface area contributed by atoms with Gasteiger partial charge in [0, 0.05) is 6.61 Å². The van der Waals surface area contributed by atoms with Crippen molar-refractivity contribution in [3.8, 4) is 0 Å². The van der Waals surface area contributed by atoms with Gasteiger partial charge in [-0.25, -0.2) is 0 Å². The number of allylic oxidation sites excluding steroid dienone is 3. The third-order valence-electron chi connectivity index (χ3n) is 2.46. The van der Waals surface area contributed by atoms with Gasteiger partial charge in [-0.1, -0.05) is 37.5 Å². The number of rotatable bonds is 11. The predicted octanol–water partition coefficient (Wildman–Crippen LogP) is 3.18. The maximum atomic E-state index is 9.38. The Kier molecular flexibility index (Phi) is 12.4. The first kappa shape index (κ1) is 17.4. The second-order valence-corrected chi connectivity index (χ2v) is 4.67. The smallest absolute Gasteiger partial charge is 0.174 e. The van der Waals surface area contributed by atoms with Crippen LogP contribution in [0.25, 0.3) is 0 Å². The molecule has 3 heteroatoms. The topological polar surface area (TPSA) is 49.7 Å². The van der Waals surface area contributed by atoms with E-state index in [-0.39, 0.29) is 6.10 Å². The van der Waals surface area contributed by atoms with Gasteiger partial charge in [-0.3, -0.25) is 0 Å². The molecule has 0 aromatic heterocycles. The summed E-state index contributed by atoms with van der Waals surface area (Å²) in [7, 11) is 0. The summed E-state index contributed by atoms with van der Waals surface area (Å²) < 4.78 is 5.15. The Morgan fingerprint density at radius 1 is 1.00 bits per heavy atom. The van der Waals surface area contributed by atoms with E-state index in [4.69, 9.17) is 9.84 Å². The van der Waals surface area contributed by atoms with Crippen LogP contribution in [0.2, 0.25) is 0 Å². The Hall–Kier alpha value is -0.640. The lowest BCUT2D eigenvalue weighted by molar-refractivity contribution is -0.0924. The number of unbranched alkanes of at least 4 members (excludes halogenated alkanes) is 5. The van der Waals surface area contributed by atoms with E-state index in [9.17, 15) is 5.11 Å². The van der Waals surface area contributed by atoms with Gasteiger partial charge in [0.25, 0.3) is 0 Å². The molecule has 0 aliphatic carbocycles. The first-order chi connectivity index (χ1) is 8.66. The molecule has 0 heterocycles. The average Bonchev–Trinajstić information content (AvgIpc) is 2.30. The second-order valence-electron chi connectivity index (χ2n) is 4.67. The molecule has 0 saturated heterocycles. The molecule has 3 nitrogen and oxygen atoms in total. The van der Waals surface area contributed by atoms with Gasteiger partial charge in [-0.05, 0) is 39.2 Å². The van der Waals surface area contributed by atoms with E-state index in [1.807, 2.05) is 26.0 Å². The molecule has 0 radical (unpaired) electrons. The summed E-state index contributed by atoms with van der Waals surface area (Å²) in [6.45, 7) is 4.10. The van der Waals surface area contributed by atoms with Crippen LogP contribution in [0.4, 0.5) is 0 Å². The maximum Gasteiger partial charge on any atom is 0.174 e. The summed E-state index contributed by atoms with van der Waals surface area (Å²) in [5.41, 5.74) is 0. The highest BCUT2D eigenvalue weighted by atomic mass is 16.6. The van der Waals surface area contributed by atoms with Crippen molar-refractivity contribution in [2.24, 2.45) is 0 Å². The molecule has 106 valence electrons. The molecule has 0 fully saturated rings. The van der Waals surface area contributed by atoms with Crippen molar-refractivity contribution in [2.75, 3.05) is 6.61 Å². The van der Waals surface area contributed by atoms with Crippen molar-refractivity contribution in [1.29, 1.82) is 0 Å². The minimum atomic E-state index is -0.812. The normalized spacial score (nSPS) is 14.1. The summed E-state index contributed by atoms with van der Waals surface area (Å²) in [6.07, 6.45) is 13.4. The zero-order chi connectivity index (χ0) is 13.6. The van der Waals surface area contributed by atoms with Gasteiger partial charge >= 0.3 is 0 Å². The number of hydrogen-bond acceptors (Lipinski definition) is 3. The van der Waals surface area contributed by atoms with E-state index >= 15 is 0 Å². The van der Waals surface area contributed by atoms with Crippen molar-refractivity contribution < 1.29 is 14.9 Å². The molecule has 2 N–H and O–H groups in total. The SMILES string of the molecule is CC(C)OC(O)/C=C\C=CCCCCCCCO. The molecule has 0 aromatic rings. The van der Waals surface area contributed by atoms with Crippen LogP contribution in [0, 0.1) is 0 Å². The van der Waals surface area contributed by atoms with Crippen LogP contribution in [-0.4, -0.2) is 29.2 Å². The highest BCUT2D eigenvalue weighted by Crippen LogP contribution is 2.05. The van der Waals surface area contributed by atoms with Gasteiger partial charge in [0.05, 0.1) is 6.10 Å². The molecule has 0 aliphatic heterocycles. The molecule has 1 unspecified atom stereocenters. The van der Waals surface area contributed by atoms with Crippen LogP contribution in [0.3, 0.4) is 0 Å². The summed E-state index contributed by atoms with van der Waals surface area (Å²) in [5.74, 6) is 0. The number of hydrogen-bond donors (Lipinski definition) is 2. The monoisotopic (exact) mass is 256 g/mol. The average molecular weight is 256 g/mol. The van der Waals surface area contributed by atoms with Crippen LogP contribution in [0.15, 0.2) is 24.3 Å². The van der Waals surface area contributed by atoms with E-state index < -0.39 is 6.29 Å². The lowest BCUT2D eigenvalue weighted by Crippen LogP contribution is -2.14. The summed E-state index contributed by atoms with van der Waals surface area (Å²) in [5, 5.41) is 18.0.